The average molecular weight is 511 g/mol. The van der Waals surface area contributed by atoms with Crippen LogP contribution in [-0.4, -0.2) is 56.5 Å². The van der Waals surface area contributed by atoms with Gasteiger partial charge in [-0.1, -0.05) is 18.2 Å². The van der Waals surface area contributed by atoms with Gasteiger partial charge in [-0.2, -0.15) is 0 Å². The third-order valence-electron chi connectivity index (χ3n) is 4.88. The predicted molar refractivity (Wildman–Crippen MR) is 126 cm³/mol. The summed E-state index contributed by atoms with van der Waals surface area (Å²) < 4.78 is 5.65. The average Bonchev–Trinajstić information content (AvgIpc) is 3.45. The monoisotopic (exact) mass is 511 g/mol. The minimum atomic E-state index is -0.0720. The second-order valence-electron chi connectivity index (χ2n) is 6.78. The molecular weight excluding hydrogens is 481 g/mol. The van der Waals surface area contributed by atoms with Gasteiger partial charge in [0.25, 0.3) is 5.91 Å². The number of aliphatic imine (C=N–C) groups is 1. The summed E-state index contributed by atoms with van der Waals surface area (Å²) in [5.74, 6) is 1.61. The molecule has 3 rings (SSSR count). The summed E-state index contributed by atoms with van der Waals surface area (Å²) in [5.41, 5.74) is 0.664. The van der Waals surface area contributed by atoms with Crippen LogP contribution in [0.25, 0.3) is 0 Å². The van der Waals surface area contributed by atoms with Gasteiger partial charge in [0.05, 0.1) is 12.3 Å². The number of rotatable bonds is 8. The molecule has 1 fully saturated rings. The molecule has 1 aromatic heterocycles. The predicted octanol–water partition coefficient (Wildman–Crippen LogP) is 2.63. The smallest absolute Gasteiger partial charge is 0.251 e. The lowest BCUT2D eigenvalue weighted by Crippen LogP contribution is -2.44. The first kappa shape index (κ1) is 23.2. The Morgan fingerprint density at radius 2 is 1.79 bits per heavy atom. The lowest BCUT2D eigenvalue weighted by atomic mass is 10.2. The van der Waals surface area contributed by atoms with E-state index in [9.17, 15) is 4.79 Å². The second-order valence-corrected chi connectivity index (χ2v) is 6.78. The largest absolute Gasteiger partial charge is 0.468 e. The molecule has 0 bridgehead atoms. The Hall–Kier alpha value is -2.07. The molecule has 1 aliphatic rings. The number of nitrogens with one attached hydrogen (secondary N) is 3. The summed E-state index contributed by atoms with van der Waals surface area (Å²) in [7, 11) is 1.75. The van der Waals surface area contributed by atoms with Crippen LogP contribution in [0.1, 0.15) is 35.0 Å². The number of carbonyl (C=O) groups is 1. The highest BCUT2D eigenvalue weighted by molar-refractivity contribution is 14.0. The van der Waals surface area contributed by atoms with Crippen molar-refractivity contribution in [2.45, 2.75) is 18.9 Å². The first-order valence-corrected chi connectivity index (χ1v) is 9.83. The van der Waals surface area contributed by atoms with Crippen molar-refractivity contribution >= 4 is 35.8 Å². The number of halogens is 1. The number of amides is 1. The van der Waals surface area contributed by atoms with Gasteiger partial charge in [-0.05, 0) is 50.2 Å². The zero-order valence-corrected chi connectivity index (χ0v) is 19.1. The van der Waals surface area contributed by atoms with Crippen LogP contribution in [0.3, 0.4) is 0 Å². The van der Waals surface area contributed by atoms with Gasteiger partial charge in [-0.15, -0.1) is 24.0 Å². The van der Waals surface area contributed by atoms with Crippen LogP contribution in [0.4, 0.5) is 0 Å². The van der Waals surface area contributed by atoms with E-state index >= 15 is 0 Å². The highest BCUT2D eigenvalue weighted by Crippen LogP contribution is 2.24. The van der Waals surface area contributed by atoms with E-state index < -0.39 is 0 Å². The summed E-state index contributed by atoms with van der Waals surface area (Å²) in [4.78, 5) is 18.8. The number of guanidine groups is 1. The minimum absolute atomic E-state index is 0. The summed E-state index contributed by atoms with van der Waals surface area (Å²) >= 11 is 0. The Balaban J connectivity index is 0.00000300. The molecule has 7 nitrogen and oxygen atoms in total. The van der Waals surface area contributed by atoms with Crippen molar-refractivity contribution < 1.29 is 9.21 Å². The fourth-order valence-corrected chi connectivity index (χ4v) is 3.41. The molecule has 0 saturated carbocycles. The molecule has 29 heavy (non-hydrogen) atoms. The van der Waals surface area contributed by atoms with Crippen LogP contribution in [0.2, 0.25) is 0 Å². The van der Waals surface area contributed by atoms with Crippen LogP contribution >= 0.6 is 24.0 Å². The van der Waals surface area contributed by atoms with Gasteiger partial charge in [-0.3, -0.25) is 14.7 Å². The highest BCUT2D eigenvalue weighted by Gasteiger charge is 2.25. The molecule has 1 aliphatic heterocycles. The molecule has 1 atom stereocenters. The molecule has 2 aromatic rings. The maximum absolute atomic E-state index is 12.1. The van der Waals surface area contributed by atoms with E-state index in [2.05, 4.69) is 25.8 Å². The van der Waals surface area contributed by atoms with Crippen molar-refractivity contribution in [2.24, 2.45) is 4.99 Å². The molecule has 1 aromatic carbocycles. The number of likely N-dealkylation sites (tertiary alicyclic amines) is 1. The number of hydrogen-bond acceptors (Lipinski definition) is 4. The van der Waals surface area contributed by atoms with E-state index in [0.717, 1.165) is 18.8 Å². The molecule has 3 N–H and O–H groups in total. The van der Waals surface area contributed by atoms with E-state index in [-0.39, 0.29) is 35.9 Å². The maximum atomic E-state index is 12.1. The van der Waals surface area contributed by atoms with Crippen molar-refractivity contribution in [2.75, 3.05) is 39.8 Å². The topological polar surface area (TPSA) is 81.9 Å². The number of furan rings is 1. The Bertz CT molecular complexity index is 746. The summed E-state index contributed by atoms with van der Waals surface area (Å²) in [5, 5.41) is 9.52. The molecule has 1 unspecified atom stereocenters. The molecule has 0 aliphatic carbocycles. The number of nitrogens with zero attached hydrogens (tertiary/aromatic N) is 2. The van der Waals surface area contributed by atoms with Crippen molar-refractivity contribution in [1.82, 2.24) is 20.9 Å². The molecular formula is C21H30IN5O2. The van der Waals surface area contributed by atoms with Crippen LogP contribution in [0, 0.1) is 0 Å². The van der Waals surface area contributed by atoms with Crippen molar-refractivity contribution in [3.63, 3.8) is 0 Å². The molecule has 158 valence electrons. The van der Waals surface area contributed by atoms with E-state index in [4.69, 9.17) is 4.42 Å². The summed E-state index contributed by atoms with van der Waals surface area (Å²) in [6, 6.07) is 13.4. The lowest BCUT2D eigenvalue weighted by molar-refractivity contribution is 0.0954. The first-order valence-electron chi connectivity index (χ1n) is 9.83. The summed E-state index contributed by atoms with van der Waals surface area (Å²) in [6.45, 7) is 3.99. The Morgan fingerprint density at radius 3 is 2.45 bits per heavy atom. The van der Waals surface area contributed by atoms with E-state index in [1.165, 1.54) is 12.8 Å². The molecule has 1 saturated heterocycles. The Labute approximate surface area is 189 Å². The van der Waals surface area contributed by atoms with Gasteiger partial charge >= 0.3 is 0 Å². The van der Waals surface area contributed by atoms with Gasteiger partial charge in [0.15, 0.2) is 5.96 Å². The van der Waals surface area contributed by atoms with E-state index in [1.54, 1.807) is 25.4 Å². The van der Waals surface area contributed by atoms with Crippen LogP contribution < -0.4 is 16.0 Å². The highest BCUT2D eigenvalue weighted by atomic mass is 127. The van der Waals surface area contributed by atoms with E-state index in [0.29, 0.717) is 31.2 Å². The van der Waals surface area contributed by atoms with Gasteiger partial charge in [0.1, 0.15) is 5.76 Å². The van der Waals surface area contributed by atoms with Gasteiger partial charge in [-0.25, -0.2) is 0 Å². The standard InChI is InChI=1S/C21H29N5O2.HI/c1-22-21(24-12-11-23-20(27)17-8-3-2-4-9-17)25-16-18(19-10-7-15-28-19)26-13-5-6-14-26;/h2-4,7-10,15,18H,5-6,11-14,16H2,1H3,(H,23,27)(H2,22,24,25);1H. The van der Waals surface area contributed by atoms with Crippen LogP contribution in [0.5, 0.6) is 0 Å². The van der Waals surface area contributed by atoms with Crippen LogP contribution in [0.15, 0.2) is 58.1 Å². The molecule has 2 heterocycles. The van der Waals surface area contributed by atoms with Crippen LogP contribution in [-0.2, 0) is 0 Å². The van der Waals surface area contributed by atoms with Crippen molar-refractivity contribution in [1.29, 1.82) is 0 Å². The molecule has 0 spiro atoms. The van der Waals surface area contributed by atoms with Gasteiger partial charge in [0.2, 0.25) is 0 Å². The lowest BCUT2D eigenvalue weighted by Gasteiger charge is -2.26. The zero-order chi connectivity index (χ0) is 19.6. The fraction of sp³-hybridized carbons (Fsp3) is 0.429. The number of hydrogen-bond donors (Lipinski definition) is 3. The first-order chi connectivity index (χ1) is 13.8. The van der Waals surface area contributed by atoms with Crippen molar-refractivity contribution in [3.05, 3.63) is 60.1 Å². The number of carbonyl (C=O) groups excluding carboxylic acids is 1. The molecule has 1 amide bonds. The molecule has 8 heteroatoms. The second kappa shape index (κ2) is 12.5. The van der Waals surface area contributed by atoms with Crippen molar-refractivity contribution in [3.8, 4) is 0 Å². The third kappa shape index (κ3) is 7.04. The third-order valence-corrected chi connectivity index (χ3v) is 4.88. The molecule has 0 radical (unpaired) electrons. The summed E-state index contributed by atoms with van der Waals surface area (Å²) in [6.07, 6.45) is 4.18. The SMILES string of the molecule is CN=C(NCCNC(=O)c1ccccc1)NCC(c1ccco1)N1CCCC1.I. The van der Waals surface area contributed by atoms with E-state index in [1.807, 2.05) is 30.3 Å². The normalized spacial score (nSPS) is 15.4. The van der Waals surface area contributed by atoms with Gasteiger partial charge in [0, 0.05) is 32.2 Å². The maximum Gasteiger partial charge on any atom is 0.251 e. The van der Waals surface area contributed by atoms with Gasteiger partial charge < -0.3 is 20.4 Å². The fourth-order valence-electron chi connectivity index (χ4n) is 3.41. The Kier molecular flexibility index (Phi) is 9.99. The zero-order valence-electron chi connectivity index (χ0n) is 16.8. The quantitative estimate of drug-likeness (QED) is 0.220. The number of benzene rings is 1. The Morgan fingerprint density at radius 1 is 1.07 bits per heavy atom. The minimum Gasteiger partial charge on any atom is -0.468 e.